The lowest BCUT2D eigenvalue weighted by Crippen LogP contribution is -2.15. The summed E-state index contributed by atoms with van der Waals surface area (Å²) in [6.45, 7) is 0. The number of sulfonamides is 1. The number of anilines is 1. The molecule has 4 nitrogen and oxygen atoms in total. The van der Waals surface area contributed by atoms with E-state index in [0.29, 0.717) is 27.0 Å². The van der Waals surface area contributed by atoms with Gasteiger partial charge in [0.1, 0.15) is 5.75 Å². The second kappa shape index (κ2) is 6.56. The van der Waals surface area contributed by atoms with Gasteiger partial charge in [-0.1, -0.05) is 41.4 Å². The van der Waals surface area contributed by atoms with Crippen molar-refractivity contribution in [1.29, 1.82) is 0 Å². The molecule has 2 rings (SSSR count). The fourth-order valence-electron chi connectivity index (χ4n) is 1.78. The summed E-state index contributed by atoms with van der Waals surface area (Å²) in [5, 5.41) is 0.706. The van der Waals surface area contributed by atoms with Crippen LogP contribution in [0.4, 0.5) is 5.69 Å². The Balaban J connectivity index is 2.20. The molecule has 0 saturated carbocycles. The van der Waals surface area contributed by atoms with Crippen molar-refractivity contribution in [3.8, 4) is 5.75 Å². The highest BCUT2D eigenvalue weighted by atomic mass is 35.5. The van der Waals surface area contributed by atoms with E-state index in [1.165, 1.54) is 13.2 Å². The zero-order valence-corrected chi connectivity index (χ0v) is 13.5. The number of ether oxygens (including phenoxy) is 1. The van der Waals surface area contributed by atoms with E-state index in [1.807, 2.05) is 0 Å². The third-order valence-electron chi connectivity index (χ3n) is 2.71. The number of hydrogen-bond donors (Lipinski definition) is 1. The zero-order chi connectivity index (χ0) is 15.5. The third kappa shape index (κ3) is 4.27. The predicted molar refractivity (Wildman–Crippen MR) is 85.7 cm³/mol. The van der Waals surface area contributed by atoms with E-state index in [4.69, 9.17) is 27.9 Å². The van der Waals surface area contributed by atoms with Gasteiger partial charge in [0.15, 0.2) is 0 Å². The average molecular weight is 346 g/mol. The van der Waals surface area contributed by atoms with Gasteiger partial charge in [-0.2, -0.15) is 0 Å². The molecule has 0 aliphatic heterocycles. The lowest BCUT2D eigenvalue weighted by molar-refractivity contribution is 0.417. The van der Waals surface area contributed by atoms with Crippen molar-refractivity contribution in [2.45, 2.75) is 5.75 Å². The Morgan fingerprint density at radius 2 is 1.81 bits per heavy atom. The summed E-state index contributed by atoms with van der Waals surface area (Å²) in [5.41, 5.74) is 0.937. The van der Waals surface area contributed by atoms with Gasteiger partial charge in [-0.15, -0.1) is 0 Å². The topological polar surface area (TPSA) is 55.4 Å². The van der Waals surface area contributed by atoms with Crippen LogP contribution in [0.3, 0.4) is 0 Å². The molecule has 0 heterocycles. The maximum absolute atomic E-state index is 12.2. The van der Waals surface area contributed by atoms with Crippen LogP contribution in [0.25, 0.3) is 0 Å². The molecule has 0 fully saturated rings. The molecule has 0 unspecified atom stereocenters. The lowest BCUT2D eigenvalue weighted by atomic mass is 10.2. The number of rotatable bonds is 5. The molecular weight excluding hydrogens is 333 g/mol. The molecule has 0 bridgehead atoms. The van der Waals surface area contributed by atoms with Crippen LogP contribution in [0.1, 0.15) is 5.56 Å². The smallest absolute Gasteiger partial charge is 0.237 e. The van der Waals surface area contributed by atoms with Crippen LogP contribution >= 0.6 is 23.2 Å². The second-order valence-corrected chi connectivity index (χ2v) is 6.85. The lowest BCUT2D eigenvalue weighted by Gasteiger charge is -2.11. The Kier molecular flexibility index (Phi) is 4.98. The van der Waals surface area contributed by atoms with E-state index in [2.05, 4.69) is 4.72 Å². The Bertz CT molecular complexity index is 748. The molecule has 0 radical (unpaired) electrons. The molecule has 0 spiro atoms. The number of benzene rings is 2. The minimum atomic E-state index is -3.58. The summed E-state index contributed by atoms with van der Waals surface area (Å²) in [4.78, 5) is 0. The minimum absolute atomic E-state index is 0.206. The van der Waals surface area contributed by atoms with Crippen molar-refractivity contribution < 1.29 is 13.2 Å². The van der Waals surface area contributed by atoms with Gasteiger partial charge in [0, 0.05) is 0 Å². The van der Waals surface area contributed by atoms with Gasteiger partial charge < -0.3 is 4.74 Å². The Hall–Kier alpha value is -1.43. The first kappa shape index (κ1) is 15.9. The Morgan fingerprint density at radius 1 is 1.10 bits per heavy atom. The monoisotopic (exact) mass is 345 g/mol. The van der Waals surface area contributed by atoms with Crippen LogP contribution in [0.2, 0.25) is 10.0 Å². The fraction of sp³-hybridized carbons (Fsp3) is 0.143. The summed E-state index contributed by atoms with van der Waals surface area (Å²) in [5.74, 6) is 0.247. The van der Waals surface area contributed by atoms with Crippen molar-refractivity contribution in [3.63, 3.8) is 0 Å². The summed E-state index contributed by atoms with van der Waals surface area (Å²) in [7, 11) is -2.10. The van der Waals surface area contributed by atoms with Gasteiger partial charge in [-0.05, 0) is 29.8 Å². The van der Waals surface area contributed by atoms with E-state index in [-0.39, 0.29) is 5.75 Å². The van der Waals surface area contributed by atoms with Crippen molar-refractivity contribution in [1.82, 2.24) is 0 Å². The molecule has 0 aliphatic rings. The van der Waals surface area contributed by atoms with E-state index >= 15 is 0 Å². The molecule has 7 heteroatoms. The van der Waals surface area contributed by atoms with E-state index < -0.39 is 10.0 Å². The van der Waals surface area contributed by atoms with Crippen molar-refractivity contribution in [2.24, 2.45) is 0 Å². The maximum Gasteiger partial charge on any atom is 0.237 e. The molecule has 0 saturated heterocycles. The summed E-state index contributed by atoms with van der Waals surface area (Å²) in [6.07, 6.45) is 0. The van der Waals surface area contributed by atoms with Crippen LogP contribution in [-0.2, 0) is 15.8 Å². The predicted octanol–water partition coefficient (Wildman–Crippen LogP) is 3.94. The Morgan fingerprint density at radius 3 is 2.48 bits per heavy atom. The van der Waals surface area contributed by atoms with Gasteiger partial charge in [-0.3, -0.25) is 4.72 Å². The third-order valence-corrected chi connectivity index (χ3v) is 4.70. The standard InChI is InChI=1S/C14H13Cl2NO3S/c1-20-14-5-3-2-4-13(14)17-21(18,19)9-10-6-7-11(15)12(16)8-10/h2-8,17H,9H2,1H3. The molecule has 0 aliphatic carbocycles. The first-order chi connectivity index (χ1) is 9.91. The number of methoxy groups -OCH3 is 1. The van der Waals surface area contributed by atoms with Crippen molar-refractivity contribution in [2.75, 3.05) is 11.8 Å². The van der Waals surface area contributed by atoms with Crippen LogP contribution in [-0.4, -0.2) is 15.5 Å². The molecular formula is C14H13Cl2NO3S. The van der Waals surface area contributed by atoms with Crippen LogP contribution in [0.15, 0.2) is 42.5 Å². The van der Waals surface area contributed by atoms with Gasteiger partial charge in [0.25, 0.3) is 0 Å². The van der Waals surface area contributed by atoms with Gasteiger partial charge >= 0.3 is 0 Å². The molecule has 1 N–H and O–H groups in total. The summed E-state index contributed by atoms with van der Waals surface area (Å²) in [6, 6.07) is 11.5. The first-order valence-corrected chi connectivity index (χ1v) is 8.39. The molecule has 112 valence electrons. The van der Waals surface area contributed by atoms with Gasteiger partial charge in [-0.25, -0.2) is 8.42 Å². The Labute approximate surface area is 133 Å². The molecule has 0 atom stereocenters. The highest BCUT2D eigenvalue weighted by Gasteiger charge is 2.15. The SMILES string of the molecule is COc1ccccc1NS(=O)(=O)Cc1ccc(Cl)c(Cl)c1. The largest absolute Gasteiger partial charge is 0.495 e. The minimum Gasteiger partial charge on any atom is -0.495 e. The highest BCUT2D eigenvalue weighted by Crippen LogP contribution is 2.26. The quantitative estimate of drug-likeness (QED) is 0.892. The average Bonchev–Trinajstić information content (AvgIpc) is 2.43. The van der Waals surface area contributed by atoms with Crippen molar-refractivity contribution in [3.05, 3.63) is 58.1 Å². The number of para-hydroxylation sites is 2. The number of hydrogen-bond acceptors (Lipinski definition) is 3. The number of halogens is 2. The zero-order valence-electron chi connectivity index (χ0n) is 11.1. The summed E-state index contributed by atoms with van der Waals surface area (Å²) < 4.78 is 32.0. The molecule has 0 aromatic heterocycles. The first-order valence-electron chi connectivity index (χ1n) is 5.99. The van der Waals surface area contributed by atoms with E-state index in [0.717, 1.165) is 0 Å². The molecule has 0 amide bonds. The van der Waals surface area contributed by atoms with E-state index in [1.54, 1.807) is 36.4 Å². The fourth-order valence-corrected chi connectivity index (χ4v) is 3.30. The highest BCUT2D eigenvalue weighted by molar-refractivity contribution is 7.91. The van der Waals surface area contributed by atoms with Crippen molar-refractivity contribution >= 4 is 38.9 Å². The summed E-state index contributed by atoms with van der Waals surface area (Å²) >= 11 is 11.7. The molecule has 2 aromatic carbocycles. The van der Waals surface area contributed by atoms with Crippen LogP contribution < -0.4 is 9.46 Å². The van der Waals surface area contributed by atoms with Gasteiger partial charge in [0.2, 0.25) is 10.0 Å². The van der Waals surface area contributed by atoms with Gasteiger partial charge in [0.05, 0.1) is 28.6 Å². The maximum atomic E-state index is 12.2. The number of nitrogens with one attached hydrogen (secondary N) is 1. The second-order valence-electron chi connectivity index (χ2n) is 4.31. The van der Waals surface area contributed by atoms with Crippen LogP contribution in [0, 0.1) is 0 Å². The van der Waals surface area contributed by atoms with Crippen LogP contribution in [0.5, 0.6) is 5.75 Å². The molecule has 2 aromatic rings. The normalized spacial score (nSPS) is 11.2. The molecule has 21 heavy (non-hydrogen) atoms. The van der Waals surface area contributed by atoms with E-state index in [9.17, 15) is 8.42 Å².